The van der Waals surface area contributed by atoms with Crippen molar-refractivity contribution in [3.63, 3.8) is 0 Å². The number of rotatable bonds is 6. The lowest BCUT2D eigenvalue weighted by Crippen LogP contribution is -2.53. The van der Waals surface area contributed by atoms with Gasteiger partial charge >= 0.3 is 0 Å². The molecule has 3 aromatic carbocycles. The SMILES string of the molecule is C[C@H]1C(N(C)CC2CC2)C(=O)c2ccc(N=C(c3ccccc3)c3ccccc3)cc2C1(C)C. The molecule has 34 heavy (non-hydrogen) atoms. The molecule has 5 rings (SSSR count). The molecule has 3 aromatic rings. The third kappa shape index (κ3) is 4.25. The van der Waals surface area contributed by atoms with Crippen molar-refractivity contribution in [3.05, 3.63) is 101 Å². The number of hydrogen-bond donors (Lipinski definition) is 0. The molecule has 0 saturated heterocycles. The molecule has 1 fully saturated rings. The highest BCUT2D eigenvalue weighted by molar-refractivity contribution is 6.14. The maximum Gasteiger partial charge on any atom is 0.180 e. The molecule has 0 heterocycles. The smallest absolute Gasteiger partial charge is 0.180 e. The molecule has 0 aliphatic heterocycles. The topological polar surface area (TPSA) is 32.7 Å². The van der Waals surface area contributed by atoms with Gasteiger partial charge in [0.2, 0.25) is 0 Å². The van der Waals surface area contributed by atoms with E-state index < -0.39 is 0 Å². The van der Waals surface area contributed by atoms with E-state index in [1.54, 1.807) is 0 Å². The third-order valence-corrected chi connectivity index (χ3v) is 7.90. The van der Waals surface area contributed by atoms with Gasteiger partial charge in [-0.3, -0.25) is 9.69 Å². The number of ketones is 1. The number of carbonyl (C=O) groups excluding carboxylic acids is 1. The lowest BCUT2D eigenvalue weighted by atomic mass is 9.63. The summed E-state index contributed by atoms with van der Waals surface area (Å²) in [6, 6.07) is 26.7. The fourth-order valence-electron chi connectivity index (χ4n) is 5.40. The molecule has 0 aromatic heterocycles. The first kappa shape index (κ1) is 22.7. The summed E-state index contributed by atoms with van der Waals surface area (Å²) in [5.74, 6) is 1.24. The number of nitrogens with zero attached hydrogens (tertiary/aromatic N) is 2. The Labute approximate surface area is 203 Å². The predicted molar refractivity (Wildman–Crippen MR) is 140 cm³/mol. The van der Waals surface area contributed by atoms with Crippen molar-refractivity contribution >= 4 is 17.2 Å². The van der Waals surface area contributed by atoms with Crippen molar-refractivity contribution in [2.75, 3.05) is 13.6 Å². The first-order chi connectivity index (χ1) is 16.4. The fraction of sp³-hybridized carbons (Fsp3) is 0.355. The van der Waals surface area contributed by atoms with Crippen LogP contribution in [0.3, 0.4) is 0 Å². The van der Waals surface area contributed by atoms with Crippen LogP contribution in [0.5, 0.6) is 0 Å². The van der Waals surface area contributed by atoms with Gasteiger partial charge in [-0.1, -0.05) is 81.4 Å². The van der Waals surface area contributed by atoms with E-state index in [0.717, 1.165) is 46.1 Å². The van der Waals surface area contributed by atoms with Gasteiger partial charge in [-0.15, -0.1) is 0 Å². The number of carbonyl (C=O) groups is 1. The van der Waals surface area contributed by atoms with Gasteiger partial charge in [0.25, 0.3) is 0 Å². The van der Waals surface area contributed by atoms with E-state index in [0.29, 0.717) is 0 Å². The Morgan fingerprint density at radius 2 is 1.53 bits per heavy atom. The van der Waals surface area contributed by atoms with Gasteiger partial charge in [-0.25, -0.2) is 4.99 Å². The third-order valence-electron chi connectivity index (χ3n) is 7.90. The molecular weight excluding hydrogens is 416 g/mol. The van der Waals surface area contributed by atoms with E-state index in [4.69, 9.17) is 4.99 Å². The van der Waals surface area contributed by atoms with Gasteiger partial charge in [0.1, 0.15) is 0 Å². The Balaban J connectivity index is 1.56. The zero-order chi connectivity index (χ0) is 23.9. The molecule has 1 saturated carbocycles. The van der Waals surface area contributed by atoms with Crippen LogP contribution in [0.1, 0.15) is 60.7 Å². The van der Waals surface area contributed by atoms with Crippen LogP contribution in [0.15, 0.2) is 83.9 Å². The quantitative estimate of drug-likeness (QED) is 0.393. The molecular formula is C31H34N2O. The molecule has 174 valence electrons. The molecule has 0 N–H and O–H groups in total. The molecule has 3 heteroatoms. The highest BCUT2D eigenvalue weighted by atomic mass is 16.1. The van der Waals surface area contributed by atoms with E-state index in [2.05, 4.69) is 63.1 Å². The van der Waals surface area contributed by atoms with Crippen LogP contribution in [-0.4, -0.2) is 36.0 Å². The number of fused-ring (bicyclic) bond motifs is 1. The Morgan fingerprint density at radius 1 is 0.941 bits per heavy atom. The molecule has 3 nitrogen and oxygen atoms in total. The Hall–Kier alpha value is -3.04. The van der Waals surface area contributed by atoms with Crippen LogP contribution in [0.2, 0.25) is 0 Å². The summed E-state index contributed by atoms with van der Waals surface area (Å²) in [6.07, 6.45) is 2.60. The Morgan fingerprint density at radius 3 is 2.09 bits per heavy atom. The summed E-state index contributed by atoms with van der Waals surface area (Å²) in [5.41, 5.74) is 5.83. The Bertz CT molecular complexity index is 1170. The van der Waals surface area contributed by atoms with Gasteiger partial charge in [-0.2, -0.15) is 0 Å². The molecule has 1 unspecified atom stereocenters. The standard InChI is InChI=1S/C31H34N2O/c1-21-29(33(4)20-22-15-16-22)30(34)26-18-17-25(19-27(26)31(21,2)3)32-28(23-11-7-5-8-12-23)24-13-9-6-10-14-24/h5-14,17-19,21-22,29H,15-16,20H2,1-4H3/t21-,29?/m0/s1. The fourth-order valence-corrected chi connectivity index (χ4v) is 5.40. The van der Waals surface area contributed by atoms with E-state index in [1.165, 1.54) is 12.8 Å². The van der Waals surface area contributed by atoms with Crippen molar-refractivity contribution < 1.29 is 4.79 Å². The number of hydrogen-bond acceptors (Lipinski definition) is 3. The molecule has 2 atom stereocenters. The van der Waals surface area contributed by atoms with Crippen LogP contribution in [0.25, 0.3) is 0 Å². The molecule has 2 aliphatic carbocycles. The van der Waals surface area contributed by atoms with Crippen molar-refractivity contribution in [3.8, 4) is 0 Å². The number of Topliss-reactive ketones (excluding diaryl/α,β-unsaturated/α-hetero) is 1. The average Bonchev–Trinajstić information content (AvgIpc) is 3.66. The van der Waals surface area contributed by atoms with E-state index in [-0.39, 0.29) is 23.2 Å². The van der Waals surface area contributed by atoms with Crippen molar-refractivity contribution in [1.82, 2.24) is 4.90 Å². The van der Waals surface area contributed by atoms with Crippen molar-refractivity contribution in [2.24, 2.45) is 16.8 Å². The summed E-state index contributed by atoms with van der Waals surface area (Å²) < 4.78 is 0. The molecule has 0 radical (unpaired) electrons. The maximum atomic E-state index is 13.7. The number of likely N-dealkylation sites (N-methyl/N-ethyl adjacent to an activating group) is 1. The van der Waals surface area contributed by atoms with E-state index >= 15 is 0 Å². The van der Waals surface area contributed by atoms with Gasteiger partial charge < -0.3 is 0 Å². The minimum Gasteiger partial charge on any atom is -0.296 e. The van der Waals surface area contributed by atoms with Gasteiger partial charge in [0.15, 0.2) is 5.78 Å². The maximum absolute atomic E-state index is 13.7. The van der Waals surface area contributed by atoms with Crippen LogP contribution in [0.4, 0.5) is 5.69 Å². The second-order valence-corrected chi connectivity index (χ2v) is 10.6. The number of benzene rings is 3. The molecule has 0 spiro atoms. The first-order valence-corrected chi connectivity index (χ1v) is 12.4. The largest absolute Gasteiger partial charge is 0.296 e. The van der Waals surface area contributed by atoms with Crippen molar-refractivity contribution in [1.29, 1.82) is 0 Å². The lowest BCUT2D eigenvalue weighted by Gasteiger charge is -2.46. The van der Waals surface area contributed by atoms with Gasteiger partial charge in [0, 0.05) is 23.2 Å². The lowest BCUT2D eigenvalue weighted by molar-refractivity contribution is 0.0650. The first-order valence-electron chi connectivity index (χ1n) is 12.4. The van der Waals surface area contributed by atoms with E-state index in [9.17, 15) is 4.79 Å². The second kappa shape index (κ2) is 8.96. The second-order valence-electron chi connectivity index (χ2n) is 10.6. The zero-order valence-electron chi connectivity index (χ0n) is 20.7. The van der Waals surface area contributed by atoms with E-state index in [1.807, 2.05) is 48.5 Å². The molecule has 0 amide bonds. The summed E-state index contributed by atoms with van der Waals surface area (Å²) in [7, 11) is 2.13. The predicted octanol–water partition coefficient (Wildman–Crippen LogP) is 6.68. The molecule has 2 aliphatic rings. The van der Waals surface area contributed by atoms with Crippen LogP contribution < -0.4 is 0 Å². The van der Waals surface area contributed by atoms with Gasteiger partial charge in [-0.05, 0) is 60.9 Å². The Kier molecular flexibility index (Phi) is 5.99. The van der Waals surface area contributed by atoms with Crippen LogP contribution in [-0.2, 0) is 5.41 Å². The van der Waals surface area contributed by atoms with Gasteiger partial charge in [0.05, 0.1) is 17.4 Å². The number of aliphatic imine (C=N–C) groups is 1. The minimum absolute atomic E-state index is 0.0679. The molecule has 0 bridgehead atoms. The normalized spacial score (nSPS) is 21.3. The highest BCUT2D eigenvalue weighted by Gasteiger charge is 2.46. The highest BCUT2D eigenvalue weighted by Crippen LogP contribution is 2.44. The van der Waals surface area contributed by atoms with Crippen LogP contribution in [0, 0.1) is 11.8 Å². The average molecular weight is 451 g/mol. The summed E-state index contributed by atoms with van der Waals surface area (Å²) in [5, 5.41) is 0. The summed E-state index contributed by atoms with van der Waals surface area (Å²) >= 11 is 0. The minimum atomic E-state index is -0.128. The zero-order valence-corrected chi connectivity index (χ0v) is 20.7. The monoisotopic (exact) mass is 450 g/mol. The summed E-state index contributed by atoms with van der Waals surface area (Å²) in [4.78, 5) is 21.1. The summed E-state index contributed by atoms with van der Waals surface area (Å²) in [6.45, 7) is 7.82. The van der Waals surface area contributed by atoms with Crippen molar-refractivity contribution in [2.45, 2.75) is 45.1 Å². The van der Waals surface area contributed by atoms with Crippen LogP contribution >= 0.6 is 0 Å².